The summed E-state index contributed by atoms with van der Waals surface area (Å²) in [7, 11) is 0. The lowest BCUT2D eigenvalue weighted by Gasteiger charge is -2.01. The fourth-order valence-corrected chi connectivity index (χ4v) is 3.64. The lowest BCUT2D eigenvalue weighted by atomic mass is 10.2. The highest BCUT2D eigenvalue weighted by Gasteiger charge is 2.08. The summed E-state index contributed by atoms with van der Waals surface area (Å²) >= 11 is 3.18. The molecule has 2 heterocycles. The third-order valence-electron chi connectivity index (χ3n) is 2.97. The molecule has 3 nitrogen and oxygen atoms in total. The number of aromatic nitrogens is 1. The van der Waals surface area contributed by atoms with Gasteiger partial charge in [-0.3, -0.25) is 4.99 Å². The quantitative estimate of drug-likeness (QED) is 0.641. The average Bonchev–Trinajstić information content (AvgIpc) is 3.16. The van der Waals surface area contributed by atoms with Crippen LogP contribution in [0.4, 0.5) is 4.39 Å². The molecule has 6 heteroatoms. The zero-order valence-electron chi connectivity index (χ0n) is 11.9. The van der Waals surface area contributed by atoms with E-state index in [1.807, 2.05) is 29.8 Å². The van der Waals surface area contributed by atoms with Crippen molar-refractivity contribution >= 4 is 28.9 Å². The Morgan fingerprint density at radius 2 is 2.05 bits per heavy atom. The molecular formula is C16H14FN3S2. The standard InChI is InChI=1S/C16H14FN3S2/c1-2-18-16-20(14(11-22-16)15-8-5-9-21-15)19-10-12-6-3-4-7-13(12)17/h3-11H,2H2,1H3. The molecule has 0 N–H and O–H groups in total. The lowest BCUT2D eigenvalue weighted by molar-refractivity contribution is 0.625. The van der Waals surface area contributed by atoms with E-state index < -0.39 is 0 Å². The van der Waals surface area contributed by atoms with Crippen molar-refractivity contribution < 1.29 is 4.39 Å². The number of hydrogen-bond donors (Lipinski definition) is 0. The number of nitrogens with zero attached hydrogens (tertiary/aromatic N) is 3. The van der Waals surface area contributed by atoms with Gasteiger partial charge in [-0.1, -0.05) is 24.3 Å². The maximum atomic E-state index is 13.7. The van der Waals surface area contributed by atoms with Crippen LogP contribution in [0.2, 0.25) is 0 Å². The Balaban J connectivity index is 2.07. The second kappa shape index (κ2) is 6.81. The summed E-state index contributed by atoms with van der Waals surface area (Å²) in [5.41, 5.74) is 1.43. The smallest absolute Gasteiger partial charge is 0.206 e. The lowest BCUT2D eigenvalue weighted by Crippen LogP contribution is -2.12. The van der Waals surface area contributed by atoms with Crippen LogP contribution in [0, 0.1) is 5.82 Å². The van der Waals surface area contributed by atoms with E-state index in [4.69, 9.17) is 0 Å². The van der Waals surface area contributed by atoms with E-state index >= 15 is 0 Å². The summed E-state index contributed by atoms with van der Waals surface area (Å²) in [5.74, 6) is -0.284. The van der Waals surface area contributed by atoms with Crippen molar-refractivity contribution in [3.8, 4) is 10.6 Å². The largest absolute Gasteiger partial charge is 0.258 e. The third-order valence-corrected chi connectivity index (χ3v) is 4.72. The first-order valence-corrected chi connectivity index (χ1v) is 8.59. The van der Waals surface area contributed by atoms with Gasteiger partial charge in [-0.2, -0.15) is 5.10 Å². The first-order chi connectivity index (χ1) is 10.8. The van der Waals surface area contributed by atoms with E-state index in [1.165, 1.54) is 23.6 Å². The van der Waals surface area contributed by atoms with Gasteiger partial charge in [0.05, 0.1) is 16.8 Å². The van der Waals surface area contributed by atoms with Crippen LogP contribution in [0.1, 0.15) is 12.5 Å². The van der Waals surface area contributed by atoms with Crippen LogP contribution in [0.15, 0.2) is 57.3 Å². The fraction of sp³-hybridized carbons (Fsp3) is 0.125. The topological polar surface area (TPSA) is 29.6 Å². The van der Waals surface area contributed by atoms with Gasteiger partial charge in [0, 0.05) is 17.5 Å². The Hall–Kier alpha value is -2.05. The van der Waals surface area contributed by atoms with Crippen LogP contribution >= 0.6 is 22.7 Å². The normalized spacial score (nSPS) is 12.4. The SMILES string of the molecule is CCN=c1scc(-c2cccs2)n1N=Cc1ccccc1F. The summed E-state index contributed by atoms with van der Waals surface area (Å²) in [6.07, 6.45) is 1.54. The number of rotatable bonds is 4. The summed E-state index contributed by atoms with van der Waals surface area (Å²) in [5, 5.41) is 8.50. The zero-order chi connectivity index (χ0) is 15.4. The monoisotopic (exact) mass is 331 g/mol. The molecule has 0 amide bonds. The second-order valence-corrected chi connectivity index (χ2v) is 6.22. The Kier molecular flexibility index (Phi) is 4.60. The van der Waals surface area contributed by atoms with Crippen molar-refractivity contribution in [2.45, 2.75) is 6.92 Å². The maximum absolute atomic E-state index is 13.7. The minimum atomic E-state index is -0.284. The highest BCUT2D eigenvalue weighted by atomic mass is 32.1. The molecule has 0 unspecified atom stereocenters. The molecule has 2 aromatic heterocycles. The van der Waals surface area contributed by atoms with Crippen LogP contribution in [0.5, 0.6) is 0 Å². The molecule has 1 aromatic carbocycles. The summed E-state index contributed by atoms with van der Waals surface area (Å²) in [6.45, 7) is 2.66. The van der Waals surface area contributed by atoms with Crippen LogP contribution in [0.25, 0.3) is 10.6 Å². The predicted octanol–water partition coefficient (Wildman–Crippen LogP) is 4.22. The molecule has 0 atom stereocenters. The Bertz CT molecular complexity index is 844. The van der Waals surface area contributed by atoms with Crippen LogP contribution in [-0.2, 0) is 0 Å². The molecule has 0 bridgehead atoms. The van der Waals surface area contributed by atoms with Gasteiger partial charge in [0.2, 0.25) is 4.80 Å². The van der Waals surface area contributed by atoms with Gasteiger partial charge in [-0.25, -0.2) is 9.07 Å². The van der Waals surface area contributed by atoms with Crippen LogP contribution in [-0.4, -0.2) is 17.4 Å². The van der Waals surface area contributed by atoms with Gasteiger partial charge in [0.25, 0.3) is 0 Å². The fourth-order valence-electron chi connectivity index (χ4n) is 1.95. The summed E-state index contributed by atoms with van der Waals surface area (Å²) < 4.78 is 15.5. The molecular weight excluding hydrogens is 317 g/mol. The van der Waals surface area contributed by atoms with Crippen molar-refractivity contribution in [3.63, 3.8) is 0 Å². The van der Waals surface area contributed by atoms with E-state index in [0.29, 0.717) is 12.1 Å². The van der Waals surface area contributed by atoms with Crippen molar-refractivity contribution in [2.24, 2.45) is 10.1 Å². The van der Waals surface area contributed by atoms with Gasteiger partial charge in [-0.15, -0.1) is 22.7 Å². The molecule has 3 aromatic rings. The van der Waals surface area contributed by atoms with Crippen LogP contribution in [0.3, 0.4) is 0 Å². The van der Waals surface area contributed by atoms with Crippen molar-refractivity contribution in [1.82, 2.24) is 4.68 Å². The first kappa shape index (κ1) is 14.9. The number of hydrogen-bond acceptors (Lipinski definition) is 4. The van der Waals surface area contributed by atoms with Gasteiger partial charge in [0.1, 0.15) is 5.82 Å². The Morgan fingerprint density at radius 1 is 1.18 bits per heavy atom. The van der Waals surface area contributed by atoms with Gasteiger partial charge >= 0.3 is 0 Å². The molecule has 0 fully saturated rings. The predicted molar refractivity (Wildman–Crippen MR) is 91.1 cm³/mol. The zero-order valence-corrected chi connectivity index (χ0v) is 13.6. The van der Waals surface area contributed by atoms with Gasteiger partial charge in [-0.05, 0) is 24.4 Å². The number of thiazole rings is 1. The minimum Gasteiger partial charge on any atom is -0.258 e. The average molecular weight is 331 g/mol. The third kappa shape index (κ3) is 3.08. The molecule has 0 radical (unpaired) electrons. The van der Waals surface area contributed by atoms with Crippen molar-refractivity contribution in [3.05, 3.63) is 63.3 Å². The number of benzene rings is 1. The summed E-state index contributed by atoms with van der Waals surface area (Å²) in [4.78, 5) is 6.37. The molecule has 0 aliphatic rings. The highest BCUT2D eigenvalue weighted by molar-refractivity contribution is 7.14. The van der Waals surface area contributed by atoms with E-state index in [-0.39, 0.29) is 5.82 Å². The number of thiophene rings is 1. The van der Waals surface area contributed by atoms with E-state index in [2.05, 4.69) is 10.1 Å². The molecule has 3 rings (SSSR count). The first-order valence-electron chi connectivity index (χ1n) is 6.83. The van der Waals surface area contributed by atoms with E-state index in [0.717, 1.165) is 15.4 Å². The molecule has 22 heavy (non-hydrogen) atoms. The summed E-state index contributed by atoms with van der Waals surface area (Å²) in [6, 6.07) is 10.6. The van der Waals surface area contributed by atoms with Crippen molar-refractivity contribution in [1.29, 1.82) is 0 Å². The molecule has 0 aliphatic carbocycles. The molecule has 112 valence electrons. The van der Waals surface area contributed by atoms with Gasteiger partial charge < -0.3 is 0 Å². The number of halogens is 1. The highest BCUT2D eigenvalue weighted by Crippen LogP contribution is 2.25. The maximum Gasteiger partial charge on any atom is 0.206 e. The molecule has 0 spiro atoms. The molecule has 0 saturated heterocycles. The van der Waals surface area contributed by atoms with Crippen molar-refractivity contribution in [2.75, 3.05) is 6.54 Å². The van der Waals surface area contributed by atoms with E-state index in [9.17, 15) is 4.39 Å². The molecule has 0 aliphatic heterocycles. The molecule has 0 saturated carbocycles. The Labute approximate surface area is 135 Å². The van der Waals surface area contributed by atoms with Gasteiger partial charge in [0.15, 0.2) is 0 Å². The second-order valence-electron chi connectivity index (χ2n) is 4.43. The van der Waals surface area contributed by atoms with Crippen LogP contribution < -0.4 is 4.80 Å². The Morgan fingerprint density at radius 3 is 2.77 bits per heavy atom. The minimum absolute atomic E-state index is 0.284. The van der Waals surface area contributed by atoms with E-state index in [1.54, 1.807) is 34.2 Å².